The fraction of sp³-hybridized carbons (Fsp3) is 0.917. The Bertz CT molecular complexity index is 273. The molecule has 5 heteroatoms. The molecule has 2 fully saturated rings. The molecule has 2 atom stereocenters. The molecule has 1 heterocycles. The Balaban J connectivity index is 1.70. The van der Waals surface area contributed by atoms with Crippen LogP contribution in [0.1, 0.15) is 32.6 Å². The number of carbonyl (C=O) groups excluding carboxylic acids is 1. The highest BCUT2D eigenvalue weighted by atomic mass is 16.5. The summed E-state index contributed by atoms with van der Waals surface area (Å²) in [6.07, 6.45) is 4.26. The van der Waals surface area contributed by atoms with E-state index >= 15 is 0 Å². The molecule has 0 aromatic heterocycles. The van der Waals surface area contributed by atoms with Crippen molar-refractivity contribution in [3.05, 3.63) is 0 Å². The van der Waals surface area contributed by atoms with Gasteiger partial charge in [0.2, 0.25) is 0 Å². The van der Waals surface area contributed by atoms with E-state index < -0.39 is 0 Å². The molecule has 17 heavy (non-hydrogen) atoms. The zero-order valence-corrected chi connectivity index (χ0v) is 10.6. The fourth-order valence-electron chi connectivity index (χ4n) is 2.41. The molecule has 2 amide bonds. The molecule has 1 aliphatic heterocycles. The average molecular weight is 242 g/mol. The van der Waals surface area contributed by atoms with E-state index in [-0.39, 0.29) is 23.8 Å². The van der Waals surface area contributed by atoms with Crippen molar-refractivity contribution in [2.75, 3.05) is 20.3 Å². The standard InChI is InChI=1S/C12H22N2O3/c1-9-10(4-7-17-9)14-11(15)13-8-12(16-2)5-3-6-12/h9-10H,3-8H2,1-2H3,(H2,13,14,15)/t9-,10+/m0/s1. The van der Waals surface area contributed by atoms with Crippen molar-refractivity contribution < 1.29 is 14.3 Å². The number of urea groups is 1. The maximum absolute atomic E-state index is 11.7. The first-order valence-corrected chi connectivity index (χ1v) is 6.36. The Morgan fingerprint density at radius 1 is 1.53 bits per heavy atom. The molecular weight excluding hydrogens is 220 g/mol. The third-order valence-electron chi connectivity index (χ3n) is 3.96. The summed E-state index contributed by atoms with van der Waals surface area (Å²) in [4.78, 5) is 11.7. The van der Waals surface area contributed by atoms with Crippen molar-refractivity contribution in [3.63, 3.8) is 0 Å². The van der Waals surface area contributed by atoms with Crippen molar-refractivity contribution >= 4 is 6.03 Å². The monoisotopic (exact) mass is 242 g/mol. The molecule has 1 saturated carbocycles. The van der Waals surface area contributed by atoms with Gasteiger partial charge in [-0.3, -0.25) is 0 Å². The molecule has 0 spiro atoms. The van der Waals surface area contributed by atoms with E-state index in [2.05, 4.69) is 10.6 Å². The highest BCUT2D eigenvalue weighted by molar-refractivity contribution is 5.74. The van der Waals surface area contributed by atoms with E-state index in [9.17, 15) is 4.79 Å². The summed E-state index contributed by atoms with van der Waals surface area (Å²) in [5.41, 5.74) is -0.116. The van der Waals surface area contributed by atoms with E-state index in [1.165, 1.54) is 6.42 Å². The van der Waals surface area contributed by atoms with Crippen molar-refractivity contribution in [2.24, 2.45) is 0 Å². The highest BCUT2D eigenvalue weighted by Crippen LogP contribution is 2.34. The van der Waals surface area contributed by atoms with E-state index in [4.69, 9.17) is 9.47 Å². The van der Waals surface area contributed by atoms with E-state index in [0.717, 1.165) is 25.9 Å². The second-order valence-corrected chi connectivity index (χ2v) is 5.04. The fourth-order valence-corrected chi connectivity index (χ4v) is 2.41. The smallest absolute Gasteiger partial charge is 0.315 e. The molecule has 0 unspecified atom stereocenters. The summed E-state index contributed by atoms with van der Waals surface area (Å²) in [5, 5.41) is 5.84. The molecule has 1 saturated heterocycles. The zero-order chi connectivity index (χ0) is 12.3. The summed E-state index contributed by atoms with van der Waals surface area (Å²) in [7, 11) is 1.71. The van der Waals surface area contributed by atoms with Crippen LogP contribution in [-0.4, -0.2) is 44.0 Å². The van der Waals surface area contributed by atoms with Crippen LogP contribution >= 0.6 is 0 Å². The number of hydrogen-bond acceptors (Lipinski definition) is 3. The second kappa shape index (κ2) is 5.23. The maximum Gasteiger partial charge on any atom is 0.315 e. The average Bonchev–Trinajstić information content (AvgIpc) is 2.64. The predicted octanol–water partition coefficient (Wildman–Crippen LogP) is 1.03. The lowest BCUT2D eigenvalue weighted by Crippen LogP contribution is -2.53. The van der Waals surface area contributed by atoms with Gasteiger partial charge in [0.25, 0.3) is 0 Å². The number of methoxy groups -OCH3 is 1. The van der Waals surface area contributed by atoms with Gasteiger partial charge in [0.05, 0.1) is 17.7 Å². The number of carbonyl (C=O) groups is 1. The molecular formula is C12H22N2O3. The van der Waals surface area contributed by atoms with Crippen LogP contribution in [0.4, 0.5) is 4.79 Å². The number of nitrogens with one attached hydrogen (secondary N) is 2. The molecule has 98 valence electrons. The van der Waals surface area contributed by atoms with Gasteiger partial charge in [-0.05, 0) is 32.6 Å². The predicted molar refractivity (Wildman–Crippen MR) is 63.9 cm³/mol. The van der Waals surface area contributed by atoms with Crippen LogP contribution in [-0.2, 0) is 9.47 Å². The van der Waals surface area contributed by atoms with Crippen LogP contribution in [0.5, 0.6) is 0 Å². The summed E-state index contributed by atoms with van der Waals surface area (Å²) in [6, 6.07) is 0.0190. The minimum atomic E-state index is -0.116. The Morgan fingerprint density at radius 2 is 2.29 bits per heavy atom. The Morgan fingerprint density at radius 3 is 2.76 bits per heavy atom. The lowest BCUT2D eigenvalue weighted by atomic mass is 9.80. The largest absolute Gasteiger partial charge is 0.376 e. The minimum Gasteiger partial charge on any atom is -0.376 e. The molecule has 0 aromatic carbocycles. The normalized spacial score (nSPS) is 30.7. The third kappa shape index (κ3) is 2.90. The van der Waals surface area contributed by atoms with Crippen molar-refractivity contribution in [1.82, 2.24) is 10.6 Å². The Hall–Kier alpha value is -0.810. The first kappa shape index (κ1) is 12.6. The van der Waals surface area contributed by atoms with Crippen molar-refractivity contribution in [1.29, 1.82) is 0 Å². The van der Waals surface area contributed by atoms with Crippen LogP contribution in [0.3, 0.4) is 0 Å². The minimum absolute atomic E-state index is 0.112. The van der Waals surface area contributed by atoms with Gasteiger partial charge in [0, 0.05) is 20.3 Å². The lowest BCUT2D eigenvalue weighted by molar-refractivity contribution is -0.0674. The molecule has 0 bridgehead atoms. The summed E-state index contributed by atoms with van der Waals surface area (Å²) < 4.78 is 10.8. The molecule has 2 aliphatic rings. The highest BCUT2D eigenvalue weighted by Gasteiger charge is 2.37. The summed E-state index contributed by atoms with van der Waals surface area (Å²) in [5.74, 6) is 0. The van der Waals surface area contributed by atoms with Gasteiger partial charge in [0.1, 0.15) is 0 Å². The van der Waals surface area contributed by atoms with Crippen LogP contribution in [0, 0.1) is 0 Å². The number of hydrogen-bond donors (Lipinski definition) is 2. The topological polar surface area (TPSA) is 59.6 Å². The van der Waals surface area contributed by atoms with Crippen LogP contribution in [0.2, 0.25) is 0 Å². The lowest BCUT2D eigenvalue weighted by Gasteiger charge is -2.40. The number of rotatable bonds is 4. The molecule has 2 rings (SSSR count). The van der Waals surface area contributed by atoms with Crippen molar-refractivity contribution in [2.45, 2.75) is 50.4 Å². The van der Waals surface area contributed by atoms with E-state index in [0.29, 0.717) is 6.54 Å². The van der Waals surface area contributed by atoms with Crippen LogP contribution in [0.15, 0.2) is 0 Å². The van der Waals surface area contributed by atoms with Gasteiger partial charge in [-0.15, -0.1) is 0 Å². The van der Waals surface area contributed by atoms with Gasteiger partial charge >= 0.3 is 6.03 Å². The first-order valence-electron chi connectivity index (χ1n) is 6.36. The number of ether oxygens (including phenoxy) is 2. The van der Waals surface area contributed by atoms with Gasteiger partial charge in [-0.2, -0.15) is 0 Å². The SMILES string of the molecule is COC1(CNC(=O)N[C@@H]2CCO[C@H]2C)CCC1. The van der Waals surface area contributed by atoms with Gasteiger partial charge < -0.3 is 20.1 Å². The molecule has 0 aromatic rings. The third-order valence-corrected chi connectivity index (χ3v) is 3.96. The van der Waals surface area contributed by atoms with E-state index in [1.807, 2.05) is 6.92 Å². The maximum atomic E-state index is 11.7. The molecule has 2 N–H and O–H groups in total. The van der Waals surface area contributed by atoms with E-state index in [1.54, 1.807) is 7.11 Å². The zero-order valence-electron chi connectivity index (χ0n) is 10.6. The Kier molecular flexibility index (Phi) is 3.89. The van der Waals surface area contributed by atoms with Crippen LogP contribution < -0.4 is 10.6 Å². The Labute approximate surface area is 102 Å². The molecule has 0 radical (unpaired) electrons. The van der Waals surface area contributed by atoms with Crippen LogP contribution in [0.25, 0.3) is 0 Å². The number of amides is 2. The van der Waals surface area contributed by atoms with Gasteiger partial charge in [0.15, 0.2) is 0 Å². The molecule has 5 nitrogen and oxygen atoms in total. The molecule has 1 aliphatic carbocycles. The summed E-state index contributed by atoms with van der Waals surface area (Å²) in [6.45, 7) is 3.31. The first-order chi connectivity index (χ1) is 8.15. The van der Waals surface area contributed by atoms with Gasteiger partial charge in [-0.1, -0.05) is 0 Å². The van der Waals surface area contributed by atoms with Crippen molar-refractivity contribution in [3.8, 4) is 0 Å². The quantitative estimate of drug-likeness (QED) is 0.774. The second-order valence-electron chi connectivity index (χ2n) is 5.04. The van der Waals surface area contributed by atoms with Gasteiger partial charge in [-0.25, -0.2) is 4.79 Å². The summed E-state index contributed by atoms with van der Waals surface area (Å²) >= 11 is 0.